The van der Waals surface area contributed by atoms with Crippen LogP contribution in [-0.4, -0.2) is 24.7 Å². The van der Waals surface area contributed by atoms with Crippen LogP contribution in [0, 0.1) is 24.2 Å². The minimum atomic E-state index is -4.58. The van der Waals surface area contributed by atoms with Crippen molar-refractivity contribution in [1.29, 1.82) is 0 Å². The molecule has 4 aromatic heterocycles. The molecule has 0 fully saturated rings. The van der Waals surface area contributed by atoms with Crippen LogP contribution in [0.25, 0.3) is 17.1 Å². The van der Waals surface area contributed by atoms with Crippen molar-refractivity contribution in [3.8, 4) is 17.1 Å². The molecule has 0 aliphatic carbocycles. The Kier molecular flexibility index (Phi) is 6.59. The molecule has 4 aromatic rings. The molecule has 4 rings (SSSR count). The SMILES string of the molecule is Fc1c[c-]c(-c2cccc(Cc3cccc(-n4[c-]cc(C(F)(F)F)n4)n3)n2)c(F)n1.[Pt+2]. The largest absolute Gasteiger partial charge is 2.00 e. The molecule has 0 bridgehead atoms. The summed E-state index contributed by atoms with van der Waals surface area (Å²) in [4.78, 5) is 11.7. The fourth-order valence-electron chi connectivity index (χ4n) is 2.68. The molecule has 0 aliphatic rings. The maximum atomic E-state index is 13.9. The van der Waals surface area contributed by atoms with Crippen molar-refractivity contribution in [2.45, 2.75) is 12.6 Å². The Morgan fingerprint density at radius 3 is 2.29 bits per heavy atom. The predicted molar refractivity (Wildman–Crippen MR) is 94.2 cm³/mol. The van der Waals surface area contributed by atoms with Crippen LogP contribution in [0.15, 0.2) is 48.5 Å². The van der Waals surface area contributed by atoms with Crippen LogP contribution < -0.4 is 0 Å². The summed E-state index contributed by atoms with van der Waals surface area (Å²) >= 11 is 0. The van der Waals surface area contributed by atoms with Crippen molar-refractivity contribution in [2.24, 2.45) is 0 Å². The second-order valence-corrected chi connectivity index (χ2v) is 6.14. The van der Waals surface area contributed by atoms with E-state index in [1.54, 1.807) is 24.3 Å². The molecule has 0 spiro atoms. The molecule has 4 heterocycles. The number of halogens is 5. The van der Waals surface area contributed by atoms with Crippen LogP contribution in [0.4, 0.5) is 22.0 Å². The maximum Gasteiger partial charge on any atom is 2.00 e. The van der Waals surface area contributed by atoms with E-state index in [9.17, 15) is 22.0 Å². The fraction of sp³-hybridized carbons (Fsp3) is 0.100. The zero-order valence-corrected chi connectivity index (χ0v) is 17.5. The molecule has 5 nitrogen and oxygen atoms in total. The van der Waals surface area contributed by atoms with Crippen LogP contribution in [-0.2, 0) is 33.7 Å². The summed E-state index contributed by atoms with van der Waals surface area (Å²) in [5.41, 5.74) is 0.0657. The van der Waals surface area contributed by atoms with Gasteiger partial charge in [0, 0.05) is 17.8 Å². The van der Waals surface area contributed by atoms with E-state index in [0.717, 1.165) is 16.8 Å². The van der Waals surface area contributed by atoms with Crippen LogP contribution >= 0.6 is 0 Å². The molecule has 0 amide bonds. The van der Waals surface area contributed by atoms with Gasteiger partial charge in [0.15, 0.2) is 0 Å². The van der Waals surface area contributed by atoms with Gasteiger partial charge in [0.05, 0.1) is 11.5 Å². The Bertz CT molecular complexity index is 1210. The van der Waals surface area contributed by atoms with E-state index in [-0.39, 0.29) is 44.6 Å². The van der Waals surface area contributed by atoms with E-state index in [1.807, 2.05) is 0 Å². The summed E-state index contributed by atoms with van der Waals surface area (Å²) in [5, 5.41) is 3.45. The van der Waals surface area contributed by atoms with E-state index < -0.39 is 23.8 Å². The van der Waals surface area contributed by atoms with Gasteiger partial charge in [0.25, 0.3) is 0 Å². The Morgan fingerprint density at radius 2 is 1.61 bits per heavy atom. The Hall–Kier alpha value is -3.00. The molecule has 160 valence electrons. The maximum absolute atomic E-state index is 13.9. The molecular formula is C20H10F5N5Pt. The van der Waals surface area contributed by atoms with E-state index in [2.05, 4.69) is 32.3 Å². The molecule has 0 unspecified atom stereocenters. The van der Waals surface area contributed by atoms with Gasteiger partial charge in [-0.2, -0.15) is 13.2 Å². The van der Waals surface area contributed by atoms with E-state index in [1.165, 1.54) is 12.1 Å². The van der Waals surface area contributed by atoms with Crippen molar-refractivity contribution >= 4 is 0 Å². The van der Waals surface area contributed by atoms with Crippen LogP contribution in [0.2, 0.25) is 0 Å². The van der Waals surface area contributed by atoms with Gasteiger partial charge in [-0.3, -0.25) is 15.1 Å². The molecule has 0 saturated carbocycles. The number of hydrogen-bond acceptors (Lipinski definition) is 4. The molecule has 0 radical (unpaired) electrons. The average molecular weight is 610 g/mol. The van der Waals surface area contributed by atoms with E-state index in [4.69, 9.17) is 0 Å². The summed E-state index contributed by atoms with van der Waals surface area (Å²) < 4.78 is 66.0. The van der Waals surface area contributed by atoms with E-state index >= 15 is 0 Å². The molecular weight excluding hydrogens is 600 g/mol. The van der Waals surface area contributed by atoms with Gasteiger partial charge < -0.3 is 9.67 Å². The topological polar surface area (TPSA) is 56.5 Å². The molecule has 0 N–H and O–H groups in total. The minimum absolute atomic E-state index is 0. The number of hydrogen-bond donors (Lipinski definition) is 0. The third kappa shape index (κ3) is 5.19. The van der Waals surface area contributed by atoms with Crippen LogP contribution in [0.1, 0.15) is 17.1 Å². The Morgan fingerprint density at radius 1 is 0.903 bits per heavy atom. The van der Waals surface area contributed by atoms with Gasteiger partial charge >= 0.3 is 27.2 Å². The first-order valence-electron chi connectivity index (χ1n) is 8.51. The van der Waals surface area contributed by atoms with Gasteiger partial charge in [-0.25, -0.2) is 8.78 Å². The third-order valence-corrected chi connectivity index (χ3v) is 4.00. The number of rotatable bonds is 4. The normalized spacial score (nSPS) is 11.3. The first kappa shape index (κ1) is 22.7. The first-order valence-corrected chi connectivity index (χ1v) is 8.51. The Labute approximate surface area is 187 Å². The summed E-state index contributed by atoms with van der Waals surface area (Å²) in [6, 6.07) is 13.7. The van der Waals surface area contributed by atoms with E-state index in [0.29, 0.717) is 11.4 Å². The zero-order valence-electron chi connectivity index (χ0n) is 15.3. The minimum Gasteiger partial charge on any atom is -0.343 e. The molecule has 0 aromatic carbocycles. The van der Waals surface area contributed by atoms with Crippen LogP contribution in [0.5, 0.6) is 0 Å². The van der Waals surface area contributed by atoms with Crippen molar-refractivity contribution in [3.05, 3.63) is 89.8 Å². The second kappa shape index (κ2) is 9.01. The second-order valence-electron chi connectivity index (χ2n) is 6.14. The molecule has 11 heteroatoms. The first-order chi connectivity index (χ1) is 14.3. The van der Waals surface area contributed by atoms with Gasteiger partial charge in [-0.1, -0.05) is 42.1 Å². The monoisotopic (exact) mass is 610 g/mol. The number of nitrogens with zero attached hydrogens (tertiary/aromatic N) is 5. The number of alkyl halides is 3. The van der Waals surface area contributed by atoms with Gasteiger partial charge in [0.2, 0.25) is 0 Å². The summed E-state index contributed by atoms with van der Waals surface area (Å²) in [6.07, 6.45) is -1.98. The number of aromatic nitrogens is 5. The molecule has 0 atom stereocenters. The fourth-order valence-corrected chi connectivity index (χ4v) is 2.68. The van der Waals surface area contributed by atoms with Crippen LogP contribution in [0.3, 0.4) is 0 Å². The Balaban J connectivity index is 0.00000272. The predicted octanol–water partition coefficient (Wildman–Crippen LogP) is 4.21. The van der Waals surface area contributed by atoms with Crippen molar-refractivity contribution in [1.82, 2.24) is 24.7 Å². The zero-order chi connectivity index (χ0) is 21.3. The summed E-state index contributed by atoms with van der Waals surface area (Å²) in [6.45, 7) is 0. The summed E-state index contributed by atoms with van der Waals surface area (Å²) in [7, 11) is 0. The van der Waals surface area contributed by atoms with Crippen molar-refractivity contribution < 1.29 is 43.0 Å². The third-order valence-electron chi connectivity index (χ3n) is 4.00. The van der Waals surface area contributed by atoms with Gasteiger partial charge in [-0.15, -0.1) is 12.1 Å². The standard InChI is InChI=1S/C20H10F5N5.Pt/c21-17-8-7-14(19(22)28-17)15-5-1-3-12(26-15)11-13-4-2-6-18(27-13)30-10-9-16(29-30)20(23,24)25;/h1-6,8-9H,11H2;/q-2;+2. The van der Waals surface area contributed by atoms with Crippen molar-refractivity contribution in [2.75, 3.05) is 0 Å². The summed E-state index contributed by atoms with van der Waals surface area (Å²) in [5.74, 6) is -1.87. The van der Waals surface area contributed by atoms with Crippen molar-refractivity contribution in [3.63, 3.8) is 0 Å². The number of pyridine rings is 3. The smallest absolute Gasteiger partial charge is 0.343 e. The molecule has 0 aliphatic heterocycles. The average Bonchev–Trinajstić information content (AvgIpc) is 3.19. The van der Waals surface area contributed by atoms with Gasteiger partial charge in [-0.05, 0) is 17.8 Å². The molecule has 31 heavy (non-hydrogen) atoms. The van der Waals surface area contributed by atoms with Gasteiger partial charge in [0.1, 0.15) is 11.9 Å². The quantitative estimate of drug-likeness (QED) is 0.198. The molecule has 0 saturated heterocycles.